The molecule has 2 aromatic rings. The summed E-state index contributed by atoms with van der Waals surface area (Å²) >= 11 is 0. The summed E-state index contributed by atoms with van der Waals surface area (Å²) in [6.07, 6.45) is 0. The molecule has 98 valence electrons. The summed E-state index contributed by atoms with van der Waals surface area (Å²) in [5, 5.41) is 1.56. The number of benzene rings is 2. The summed E-state index contributed by atoms with van der Waals surface area (Å²) in [4.78, 5) is 23.7. The van der Waals surface area contributed by atoms with Gasteiger partial charge in [0, 0.05) is 0 Å². The quantitative estimate of drug-likeness (QED) is 0.777. The van der Waals surface area contributed by atoms with Crippen LogP contribution >= 0.6 is 0 Å². The van der Waals surface area contributed by atoms with Crippen LogP contribution < -0.4 is 0 Å². The van der Waals surface area contributed by atoms with Crippen molar-refractivity contribution in [2.75, 3.05) is 14.2 Å². The Morgan fingerprint density at radius 3 is 2.26 bits per heavy atom. The van der Waals surface area contributed by atoms with E-state index in [0.29, 0.717) is 16.7 Å². The van der Waals surface area contributed by atoms with Crippen molar-refractivity contribution < 1.29 is 19.1 Å². The number of carbonyl (C=O) groups is 2. The molecule has 0 spiro atoms. The second kappa shape index (κ2) is 5.10. The van der Waals surface area contributed by atoms with Crippen LogP contribution in [0.2, 0.25) is 0 Å². The molecule has 0 saturated heterocycles. The van der Waals surface area contributed by atoms with Crippen LogP contribution in [0.1, 0.15) is 26.3 Å². The largest absolute Gasteiger partial charge is 0.465 e. The lowest BCUT2D eigenvalue weighted by molar-refractivity contribution is 0.0599. The van der Waals surface area contributed by atoms with E-state index in [9.17, 15) is 9.59 Å². The number of esters is 2. The van der Waals surface area contributed by atoms with E-state index in [0.717, 1.165) is 10.8 Å². The Kier molecular flexibility index (Phi) is 3.51. The van der Waals surface area contributed by atoms with E-state index in [2.05, 4.69) is 0 Å². The fraction of sp³-hybridized carbons (Fsp3) is 0.200. The van der Waals surface area contributed by atoms with Gasteiger partial charge >= 0.3 is 11.9 Å². The zero-order valence-corrected chi connectivity index (χ0v) is 11.0. The van der Waals surface area contributed by atoms with Crippen LogP contribution in [0, 0.1) is 6.92 Å². The zero-order chi connectivity index (χ0) is 14.0. The summed E-state index contributed by atoms with van der Waals surface area (Å²) in [7, 11) is 2.64. The molecule has 2 rings (SSSR count). The van der Waals surface area contributed by atoms with E-state index in [1.165, 1.54) is 14.2 Å². The molecule has 0 N–H and O–H groups in total. The van der Waals surface area contributed by atoms with Gasteiger partial charge in [0.1, 0.15) is 0 Å². The lowest BCUT2D eigenvalue weighted by Gasteiger charge is -2.12. The van der Waals surface area contributed by atoms with Crippen molar-refractivity contribution in [2.24, 2.45) is 0 Å². The summed E-state index contributed by atoms with van der Waals surface area (Å²) in [6, 6.07) is 9.08. The van der Waals surface area contributed by atoms with Crippen LogP contribution in [-0.2, 0) is 9.47 Å². The van der Waals surface area contributed by atoms with Crippen LogP contribution in [0.4, 0.5) is 0 Å². The normalized spacial score (nSPS) is 10.3. The Balaban J connectivity index is 2.85. The van der Waals surface area contributed by atoms with Gasteiger partial charge in [-0.2, -0.15) is 0 Å². The van der Waals surface area contributed by atoms with Gasteiger partial charge in [-0.25, -0.2) is 9.59 Å². The maximum atomic E-state index is 11.9. The summed E-state index contributed by atoms with van der Waals surface area (Å²) in [5.74, 6) is -0.923. The first kappa shape index (κ1) is 13.1. The van der Waals surface area contributed by atoms with E-state index < -0.39 is 11.9 Å². The molecule has 0 aliphatic rings. The fourth-order valence-electron chi connectivity index (χ4n) is 2.14. The van der Waals surface area contributed by atoms with Crippen molar-refractivity contribution >= 4 is 22.7 Å². The third kappa shape index (κ3) is 2.17. The number of ether oxygens (including phenoxy) is 2. The first-order valence-corrected chi connectivity index (χ1v) is 5.79. The van der Waals surface area contributed by atoms with Gasteiger partial charge in [-0.3, -0.25) is 0 Å². The molecular weight excluding hydrogens is 244 g/mol. The van der Waals surface area contributed by atoms with Gasteiger partial charge in [0.15, 0.2) is 0 Å². The zero-order valence-electron chi connectivity index (χ0n) is 11.0. The van der Waals surface area contributed by atoms with Crippen LogP contribution in [0.5, 0.6) is 0 Å². The minimum absolute atomic E-state index is 0.376. The van der Waals surface area contributed by atoms with Gasteiger partial charge in [-0.15, -0.1) is 0 Å². The summed E-state index contributed by atoms with van der Waals surface area (Å²) in [6.45, 7) is 1.71. The molecule has 4 heteroatoms. The molecule has 19 heavy (non-hydrogen) atoms. The standard InChI is InChI=1S/C15H14O4/c1-9-12(14(16)18-2)8-10-6-4-5-7-11(10)13(9)15(17)19-3/h4-8H,1-3H3. The Labute approximate surface area is 110 Å². The van der Waals surface area contributed by atoms with E-state index in [1.54, 1.807) is 13.0 Å². The van der Waals surface area contributed by atoms with E-state index in [4.69, 9.17) is 9.47 Å². The molecule has 0 unspecified atom stereocenters. The molecule has 0 atom stereocenters. The molecule has 0 aliphatic heterocycles. The molecule has 2 aromatic carbocycles. The monoisotopic (exact) mass is 258 g/mol. The van der Waals surface area contributed by atoms with E-state index in [1.807, 2.05) is 24.3 Å². The highest BCUT2D eigenvalue weighted by Crippen LogP contribution is 2.26. The lowest BCUT2D eigenvalue weighted by Crippen LogP contribution is -2.11. The molecular formula is C15H14O4. The SMILES string of the molecule is COC(=O)c1cc2ccccc2c(C(=O)OC)c1C. The predicted molar refractivity (Wildman–Crippen MR) is 71.4 cm³/mol. The number of hydrogen-bond acceptors (Lipinski definition) is 4. The summed E-state index contributed by atoms with van der Waals surface area (Å²) in [5.41, 5.74) is 1.35. The van der Waals surface area contributed by atoms with Crippen LogP contribution in [-0.4, -0.2) is 26.2 Å². The van der Waals surface area contributed by atoms with E-state index in [-0.39, 0.29) is 0 Å². The fourth-order valence-corrected chi connectivity index (χ4v) is 2.14. The number of carbonyl (C=O) groups excluding carboxylic acids is 2. The number of methoxy groups -OCH3 is 2. The molecule has 0 aliphatic carbocycles. The second-order valence-corrected chi connectivity index (χ2v) is 4.13. The molecule has 0 amide bonds. The highest BCUT2D eigenvalue weighted by Gasteiger charge is 2.20. The maximum absolute atomic E-state index is 11.9. The minimum atomic E-state index is -0.464. The highest BCUT2D eigenvalue weighted by molar-refractivity contribution is 6.09. The van der Waals surface area contributed by atoms with Crippen molar-refractivity contribution in [1.29, 1.82) is 0 Å². The average Bonchev–Trinajstić information content (AvgIpc) is 2.45. The minimum Gasteiger partial charge on any atom is -0.465 e. The van der Waals surface area contributed by atoms with Crippen LogP contribution in [0.3, 0.4) is 0 Å². The Morgan fingerprint density at radius 1 is 1.00 bits per heavy atom. The first-order valence-electron chi connectivity index (χ1n) is 5.79. The molecule has 0 fully saturated rings. The number of fused-ring (bicyclic) bond motifs is 1. The van der Waals surface area contributed by atoms with Crippen molar-refractivity contribution in [3.05, 3.63) is 47.0 Å². The van der Waals surface area contributed by atoms with Crippen molar-refractivity contribution in [3.8, 4) is 0 Å². The lowest BCUT2D eigenvalue weighted by atomic mass is 9.95. The van der Waals surface area contributed by atoms with Gasteiger partial charge in [0.25, 0.3) is 0 Å². The number of rotatable bonds is 2. The Bertz CT molecular complexity index is 658. The van der Waals surface area contributed by atoms with Crippen molar-refractivity contribution in [3.63, 3.8) is 0 Å². The van der Waals surface area contributed by atoms with Crippen LogP contribution in [0.25, 0.3) is 10.8 Å². The van der Waals surface area contributed by atoms with Gasteiger partial charge in [-0.1, -0.05) is 24.3 Å². The van der Waals surface area contributed by atoms with Crippen molar-refractivity contribution in [1.82, 2.24) is 0 Å². The second-order valence-electron chi connectivity index (χ2n) is 4.13. The van der Waals surface area contributed by atoms with Gasteiger partial charge in [-0.05, 0) is 29.3 Å². The smallest absolute Gasteiger partial charge is 0.338 e. The third-order valence-electron chi connectivity index (χ3n) is 3.10. The van der Waals surface area contributed by atoms with Gasteiger partial charge < -0.3 is 9.47 Å². The van der Waals surface area contributed by atoms with Gasteiger partial charge in [0.2, 0.25) is 0 Å². The topological polar surface area (TPSA) is 52.6 Å². The molecule has 0 radical (unpaired) electrons. The Morgan fingerprint density at radius 2 is 1.63 bits per heavy atom. The highest BCUT2D eigenvalue weighted by atomic mass is 16.5. The number of hydrogen-bond donors (Lipinski definition) is 0. The van der Waals surface area contributed by atoms with Crippen molar-refractivity contribution in [2.45, 2.75) is 6.92 Å². The first-order chi connectivity index (χ1) is 9.10. The summed E-state index contributed by atoms with van der Waals surface area (Å²) < 4.78 is 9.55. The van der Waals surface area contributed by atoms with E-state index >= 15 is 0 Å². The molecule has 0 bridgehead atoms. The van der Waals surface area contributed by atoms with Crippen LogP contribution in [0.15, 0.2) is 30.3 Å². The molecule has 0 heterocycles. The molecule has 4 nitrogen and oxygen atoms in total. The van der Waals surface area contributed by atoms with Gasteiger partial charge in [0.05, 0.1) is 25.3 Å². The average molecular weight is 258 g/mol. The predicted octanol–water partition coefficient (Wildman–Crippen LogP) is 2.72. The maximum Gasteiger partial charge on any atom is 0.338 e. The molecule has 0 saturated carbocycles. The molecule has 0 aromatic heterocycles. The Hall–Kier alpha value is -2.36. The third-order valence-corrected chi connectivity index (χ3v) is 3.10.